The zero-order valence-corrected chi connectivity index (χ0v) is 10.5. The molecule has 3 aliphatic carbocycles. The van der Waals surface area contributed by atoms with E-state index < -0.39 is 0 Å². The first-order chi connectivity index (χ1) is 6.97. The molecule has 0 aromatic heterocycles. The van der Waals surface area contributed by atoms with Gasteiger partial charge in [0.25, 0.3) is 0 Å². The van der Waals surface area contributed by atoms with Gasteiger partial charge in [0.15, 0.2) is 0 Å². The maximum Gasteiger partial charge on any atom is 0 e. The van der Waals surface area contributed by atoms with Gasteiger partial charge in [-0.1, -0.05) is 39.3 Å². The molecule has 0 heteroatoms. The summed E-state index contributed by atoms with van der Waals surface area (Å²) in [7, 11) is 0. The molecule has 0 nitrogen and oxygen atoms in total. The highest BCUT2D eigenvalue weighted by Gasteiger charge is 2.61. The smallest absolute Gasteiger partial charge is 0 e. The van der Waals surface area contributed by atoms with Gasteiger partial charge in [-0.05, 0) is 54.3 Å². The van der Waals surface area contributed by atoms with Gasteiger partial charge in [-0.3, -0.25) is 0 Å². The normalized spacial score (nSPS) is 51.9. The van der Waals surface area contributed by atoms with E-state index in [-0.39, 0.29) is 1.43 Å². The monoisotopic (exact) mass is 206 g/mol. The summed E-state index contributed by atoms with van der Waals surface area (Å²) < 4.78 is 0. The molecule has 0 spiro atoms. The lowest BCUT2D eigenvalue weighted by Crippen LogP contribution is -2.28. The lowest BCUT2D eigenvalue weighted by atomic mass is 9.69. The van der Waals surface area contributed by atoms with Crippen molar-refractivity contribution in [2.75, 3.05) is 0 Å². The molecule has 0 heterocycles. The Morgan fingerprint density at radius 2 is 1.93 bits per heavy atom. The zero-order chi connectivity index (χ0) is 10.8. The number of hydrogen-bond donors (Lipinski definition) is 0. The van der Waals surface area contributed by atoms with E-state index in [2.05, 4.69) is 27.4 Å². The number of rotatable bonds is 0. The molecule has 0 aromatic rings. The zero-order valence-electron chi connectivity index (χ0n) is 10.5. The Morgan fingerprint density at radius 1 is 1.20 bits per heavy atom. The average molecular weight is 206 g/mol. The minimum Gasteiger partial charge on any atom is -0.0990 e. The Hall–Kier alpha value is -0.260. The van der Waals surface area contributed by atoms with Crippen LogP contribution in [0.1, 0.15) is 54.3 Å². The van der Waals surface area contributed by atoms with Crippen molar-refractivity contribution in [2.24, 2.45) is 28.6 Å². The molecule has 86 valence electrons. The van der Waals surface area contributed by atoms with Crippen molar-refractivity contribution in [3.63, 3.8) is 0 Å². The van der Waals surface area contributed by atoms with Gasteiger partial charge in [0, 0.05) is 1.43 Å². The van der Waals surface area contributed by atoms with E-state index in [0.29, 0.717) is 10.8 Å². The van der Waals surface area contributed by atoms with Crippen LogP contribution in [0.3, 0.4) is 0 Å². The maximum atomic E-state index is 4.46. The Kier molecular flexibility index (Phi) is 1.79. The van der Waals surface area contributed by atoms with Crippen LogP contribution < -0.4 is 0 Å². The Labute approximate surface area is 95.6 Å². The van der Waals surface area contributed by atoms with E-state index in [1.54, 1.807) is 5.57 Å². The molecule has 0 aliphatic heterocycles. The van der Waals surface area contributed by atoms with Crippen molar-refractivity contribution >= 4 is 0 Å². The van der Waals surface area contributed by atoms with E-state index in [1.807, 2.05) is 0 Å². The van der Waals surface area contributed by atoms with E-state index in [0.717, 1.165) is 17.8 Å². The summed E-state index contributed by atoms with van der Waals surface area (Å²) in [5.41, 5.74) is 2.71. The van der Waals surface area contributed by atoms with Gasteiger partial charge in [0.2, 0.25) is 0 Å². The summed E-state index contributed by atoms with van der Waals surface area (Å²) in [5, 5.41) is 0. The SMILES string of the molecule is C=C1C2CCC3C2C(C)(C)CCCC13C.[HH]. The van der Waals surface area contributed by atoms with Crippen molar-refractivity contribution in [3.8, 4) is 0 Å². The predicted molar refractivity (Wildman–Crippen MR) is 66.7 cm³/mol. The number of hydrogen-bond acceptors (Lipinski definition) is 0. The molecule has 15 heavy (non-hydrogen) atoms. The van der Waals surface area contributed by atoms with Crippen molar-refractivity contribution in [3.05, 3.63) is 12.2 Å². The van der Waals surface area contributed by atoms with Crippen LogP contribution in [0.15, 0.2) is 12.2 Å². The van der Waals surface area contributed by atoms with Gasteiger partial charge in [-0.25, -0.2) is 0 Å². The summed E-state index contributed by atoms with van der Waals surface area (Å²) in [6.45, 7) is 12.0. The van der Waals surface area contributed by atoms with Gasteiger partial charge in [0.1, 0.15) is 0 Å². The summed E-state index contributed by atoms with van der Waals surface area (Å²) in [6, 6.07) is 0. The Bertz CT molecular complexity index is 317. The first-order valence-corrected chi connectivity index (χ1v) is 6.66. The third-order valence-corrected chi connectivity index (χ3v) is 6.07. The summed E-state index contributed by atoms with van der Waals surface area (Å²) in [4.78, 5) is 0. The second kappa shape index (κ2) is 2.70. The van der Waals surface area contributed by atoms with Crippen molar-refractivity contribution in [1.82, 2.24) is 0 Å². The van der Waals surface area contributed by atoms with Crippen LogP contribution in [0.4, 0.5) is 0 Å². The summed E-state index contributed by atoms with van der Waals surface area (Å²) in [5.74, 6) is 2.79. The van der Waals surface area contributed by atoms with Gasteiger partial charge in [0.05, 0.1) is 0 Å². The van der Waals surface area contributed by atoms with Crippen LogP contribution in [-0.4, -0.2) is 0 Å². The Morgan fingerprint density at radius 3 is 2.67 bits per heavy atom. The van der Waals surface area contributed by atoms with E-state index >= 15 is 0 Å². The van der Waals surface area contributed by atoms with Crippen molar-refractivity contribution < 1.29 is 1.43 Å². The highest BCUT2D eigenvalue weighted by molar-refractivity contribution is 5.29. The standard InChI is InChI=1S/C15H24.H2/c1-10-11-6-7-12-13(11)14(2,3)8-5-9-15(10,12)4;/h11-13H,1,5-9H2,2-4H3;1H. The molecule has 0 radical (unpaired) electrons. The molecule has 4 bridgehead atoms. The average Bonchev–Trinajstić information content (AvgIpc) is 2.63. The molecule has 4 atom stereocenters. The van der Waals surface area contributed by atoms with Gasteiger partial charge in [-0.2, -0.15) is 0 Å². The second-order valence-corrected chi connectivity index (χ2v) is 7.10. The first kappa shape index (κ1) is 9.93. The van der Waals surface area contributed by atoms with Gasteiger partial charge in [-0.15, -0.1) is 0 Å². The molecule has 0 N–H and O–H groups in total. The quantitative estimate of drug-likeness (QED) is 0.506. The van der Waals surface area contributed by atoms with Gasteiger partial charge >= 0.3 is 0 Å². The van der Waals surface area contributed by atoms with E-state index in [9.17, 15) is 0 Å². The predicted octanol–water partition coefficient (Wildman–Crippen LogP) is 4.66. The van der Waals surface area contributed by atoms with E-state index in [1.165, 1.54) is 32.1 Å². The first-order valence-electron chi connectivity index (χ1n) is 6.66. The lowest BCUT2D eigenvalue weighted by Gasteiger charge is -2.35. The second-order valence-electron chi connectivity index (χ2n) is 7.10. The molecule has 3 rings (SSSR count). The fourth-order valence-corrected chi connectivity index (χ4v) is 5.28. The maximum absolute atomic E-state index is 4.46. The van der Waals surface area contributed by atoms with Crippen LogP contribution in [0.25, 0.3) is 0 Å². The molecular formula is C15H26. The molecular weight excluding hydrogens is 180 g/mol. The van der Waals surface area contributed by atoms with Crippen LogP contribution in [0.2, 0.25) is 0 Å². The van der Waals surface area contributed by atoms with Crippen molar-refractivity contribution in [2.45, 2.75) is 52.9 Å². The number of allylic oxidation sites excluding steroid dienone is 1. The van der Waals surface area contributed by atoms with E-state index in [4.69, 9.17) is 0 Å². The fourth-order valence-electron chi connectivity index (χ4n) is 5.28. The molecule has 0 saturated heterocycles. The van der Waals surface area contributed by atoms with Crippen molar-refractivity contribution in [1.29, 1.82) is 0 Å². The molecule has 0 aromatic carbocycles. The molecule has 0 amide bonds. The lowest BCUT2D eigenvalue weighted by molar-refractivity contribution is 0.141. The fraction of sp³-hybridized carbons (Fsp3) is 0.867. The van der Waals surface area contributed by atoms with Crippen LogP contribution in [-0.2, 0) is 0 Å². The minimum absolute atomic E-state index is 0. The largest absolute Gasteiger partial charge is 0.0990 e. The summed E-state index contributed by atoms with van der Waals surface area (Å²) >= 11 is 0. The molecule has 3 saturated carbocycles. The molecule has 3 fully saturated rings. The van der Waals surface area contributed by atoms with Gasteiger partial charge < -0.3 is 0 Å². The topological polar surface area (TPSA) is 0 Å². The Balaban J connectivity index is 0.000000963. The van der Waals surface area contributed by atoms with Crippen LogP contribution in [0, 0.1) is 28.6 Å². The minimum atomic E-state index is 0. The van der Waals surface area contributed by atoms with Crippen LogP contribution in [0.5, 0.6) is 0 Å². The molecule has 3 aliphatic rings. The third kappa shape index (κ3) is 1.04. The van der Waals surface area contributed by atoms with Crippen LogP contribution >= 0.6 is 0 Å². The summed E-state index contributed by atoms with van der Waals surface area (Å²) in [6.07, 6.45) is 7.18. The highest BCUT2D eigenvalue weighted by Crippen LogP contribution is 2.70. The molecule has 4 unspecified atom stereocenters. The highest BCUT2D eigenvalue weighted by atomic mass is 14.7. The third-order valence-electron chi connectivity index (χ3n) is 6.07.